The zero-order valence-corrected chi connectivity index (χ0v) is 7.57. The molecule has 0 aromatic rings. The summed E-state index contributed by atoms with van der Waals surface area (Å²) in [5.74, 6) is 1.36. The smallest absolute Gasteiger partial charge is 0.0361 e. The zero-order valence-electron chi connectivity index (χ0n) is 6.82. The van der Waals surface area contributed by atoms with Crippen molar-refractivity contribution in [2.75, 3.05) is 0 Å². The predicted octanol–water partition coefficient (Wildman–Crippen LogP) is 3.30. The lowest BCUT2D eigenvalue weighted by Gasteiger charge is -2.19. The van der Waals surface area contributed by atoms with Crippen molar-refractivity contribution in [1.29, 1.82) is 0 Å². The van der Waals surface area contributed by atoms with E-state index in [0.29, 0.717) is 17.2 Å². The van der Waals surface area contributed by atoms with Gasteiger partial charge in [-0.15, -0.1) is 11.6 Å². The summed E-state index contributed by atoms with van der Waals surface area (Å²) >= 11 is 6.01. The Kier molecular flexibility index (Phi) is 4.29. The fraction of sp³-hybridized carbons (Fsp3) is 1.00. The van der Waals surface area contributed by atoms with E-state index in [9.17, 15) is 0 Å². The highest BCUT2D eigenvalue weighted by molar-refractivity contribution is 6.20. The van der Waals surface area contributed by atoms with Gasteiger partial charge in [0.05, 0.1) is 0 Å². The topological polar surface area (TPSA) is 0 Å². The molecule has 2 unspecified atom stereocenters. The summed E-state index contributed by atoms with van der Waals surface area (Å²) in [6.45, 7) is 8.79. The summed E-state index contributed by atoms with van der Waals surface area (Å²) in [4.78, 5) is 0. The van der Waals surface area contributed by atoms with E-state index in [1.54, 1.807) is 0 Å². The second-order valence-electron chi connectivity index (χ2n) is 3.03. The van der Waals surface area contributed by atoms with Gasteiger partial charge in [0.1, 0.15) is 0 Å². The summed E-state index contributed by atoms with van der Waals surface area (Å²) < 4.78 is 0. The van der Waals surface area contributed by atoms with Gasteiger partial charge < -0.3 is 0 Å². The third-order valence-corrected chi connectivity index (χ3v) is 2.72. The van der Waals surface area contributed by atoms with Crippen LogP contribution < -0.4 is 0 Å². The Morgan fingerprint density at radius 3 is 1.78 bits per heavy atom. The molecule has 0 bridgehead atoms. The van der Waals surface area contributed by atoms with Gasteiger partial charge in [0, 0.05) is 5.38 Å². The molecule has 0 saturated carbocycles. The van der Waals surface area contributed by atoms with E-state index in [1.807, 2.05) is 0 Å². The highest BCUT2D eigenvalue weighted by Gasteiger charge is 2.14. The highest BCUT2D eigenvalue weighted by Crippen LogP contribution is 2.21. The fourth-order valence-electron chi connectivity index (χ4n) is 0.789. The molecule has 0 heterocycles. The zero-order chi connectivity index (χ0) is 7.44. The van der Waals surface area contributed by atoms with Crippen LogP contribution in [-0.4, -0.2) is 5.38 Å². The first-order valence-corrected chi connectivity index (χ1v) is 4.17. The Morgan fingerprint density at radius 2 is 1.67 bits per heavy atom. The Morgan fingerprint density at radius 1 is 1.22 bits per heavy atom. The van der Waals surface area contributed by atoms with Crippen LogP contribution in [0.3, 0.4) is 0 Å². The maximum atomic E-state index is 6.01. The maximum Gasteiger partial charge on any atom is 0.0361 e. The molecule has 0 N–H and O–H groups in total. The second-order valence-corrected chi connectivity index (χ2v) is 3.59. The Labute approximate surface area is 63.6 Å². The van der Waals surface area contributed by atoms with Gasteiger partial charge in [0.25, 0.3) is 0 Å². The van der Waals surface area contributed by atoms with Gasteiger partial charge >= 0.3 is 0 Å². The quantitative estimate of drug-likeness (QED) is 0.539. The molecule has 0 aromatic carbocycles. The van der Waals surface area contributed by atoms with Gasteiger partial charge in [-0.25, -0.2) is 0 Å². The van der Waals surface area contributed by atoms with Crippen LogP contribution in [0.4, 0.5) is 0 Å². The normalized spacial score (nSPS) is 18.0. The lowest BCUT2D eigenvalue weighted by molar-refractivity contribution is 0.395. The lowest BCUT2D eigenvalue weighted by Crippen LogP contribution is -2.15. The summed E-state index contributed by atoms with van der Waals surface area (Å²) in [6, 6.07) is 0. The molecule has 0 aliphatic carbocycles. The van der Waals surface area contributed by atoms with Gasteiger partial charge in [0.15, 0.2) is 0 Å². The first-order valence-electron chi connectivity index (χ1n) is 3.73. The predicted molar refractivity (Wildman–Crippen MR) is 43.9 cm³/mol. The molecule has 0 amide bonds. The van der Waals surface area contributed by atoms with Crippen molar-refractivity contribution < 1.29 is 0 Å². The lowest BCUT2D eigenvalue weighted by atomic mass is 9.93. The molecule has 0 nitrogen and oxygen atoms in total. The monoisotopic (exact) mass is 148 g/mol. The van der Waals surface area contributed by atoms with Gasteiger partial charge in [0.2, 0.25) is 0 Å². The van der Waals surface area contributed by atoms with Crippen LogP contribution in [0.25, 0.3) is 0 Å². The number of rotatable bonds is 3. The van der Waals surface area contributed by atoms with Crippen molar-refractivity contribution >= 4 is 11.6 Å². The Hall–Kier alpha value is 0.290. The first kappa shape index (κ1) is 9.29. The van der Waals surface area contributed by atoms with E-state index < -0.39 is 0 Å². The standard InChI is InChI=1S/C8H17Cl/c1-5-8(9)7(4)6(2)3/h6-8H,5H2,1-4H3. The molecule has 2 atom stereocenters. The van der Waals surface area contributed by atoms with Crippen LogP contribution in [0.1, 0.15) is 34.1 Å². The van der Waals surface area contributed by atoms with Crippen molar-refractivity contribution in [3.8, 4) is 0 Å². The van der Waals surface area contributed by atoms with E-state index in [1.165, 1.54) is 0 Å². The molecular weight excluding hydrogens is 132 g/mol. The van der Waals surface area contributed by atoms with Crippen molar-refractivity contribution in [2.45, 2.75) is 39.5 Å². The SMILES string of the molecule is CCC(Cl)C(C)C(C)C. The maximum absolute atomic E-state index is 6.01. The van der Waals surface area contributed by atoms with E-state index in [-0.39, 0.29) is 0 Å². The minimum Gasteiger partial charge on any atom is -0.123 e. The molecular formula is C8H17Cl. The molecule has 0 aromatic heterocycles. The highest BCUT2D eigenvalue weighted by atomic mass is 35.5. The fourth-order valence-corrected chi connectivity index (χ4v) is 1.08. The number of halogens is 1. The summed E-state index contributed by atoms with van der Waals surface area (Å²) in [7, 11) is 0. The van der Waals surface area contributed by atoms with E-state index in [4.69, 9.17) is 11.6 Å². The van der Waals surface area contributed by atoms with Crippen LogP contribution in [0, 0.1) is 11.8 Å². The molecule has 1 heteroatoms. The Balaban J connectivity index is 3.58. The minimum atomic E-state index is 0.366. The van der Waals surface area contributed by atoms with Crippen molar-refractivity contribution in [1.82, 2.24) is 0 Å². The van der Waals surface area contributed by atoms with Crippen molar-refractivity contribution in [3.05, 3.63) is 0 Å². The molecule has 0 aliphatic heterocycles. The third kappa shape index (κ3) is 3.10. The van der Waals surface area contributed by atoms with E-state index in [2.05, 4.69) is 27.7 Å². The minimum absolute atomic E-state index is 0.366. The van der Waals surface area contributed by atoms with E-state index >= 15 is 0 Å². The van der Waals surface area contributed by atoms with Crippen LogP contribution in [0.2, 0.25) is 0 Å². The average molecular weight is 149 g/mol. The number of hydrogen-bond donors (Lipinski definition) is 0. The average Bonchev–Trinajstić information content (AvgIpc) is 1.84. The second kappa shape index (κ2) is 4.16. The number of alkyl halides is 1. The third-order valence-electron chi connectivity index (χ3n) is 2.01. The molecule has 0 radical (unpaired) electrons. The first-order chi connectivity index (χ1) is 4.09. The molecule has 0 saturated heterocycles. The van der Waals surface area contributed by atoms with Gasteiger partial charge in [-0.3, -0.25) is 0 Å². The largest absolute Gasteiger partial charge is 0.123 e. The van der Waals surface area contributed by atoms with Crippen LogP contribution in [0.5, 0.6) is 0 Å². The molecule has 0 aliphatic rings. The van der Waals surface area contributed by atoms with Gasteiger partial charge in [-0.2, -0.15) is 0 Å². The van der Waals surface area contributed by atoms with Crippen LogP contribution >= 0.6 is 11.6 Å². The van der Waals surface area contributed by atoms with Crippen LogP contribution in [0.15, 0.2) is 0 Å². The molecule has 0 spiro atoms. The Bertz CT molecular complexity index is 69.0. The van der Waals surface area contributed by atoms with Crippen molar-refractivity contribution in [3.63, 3.8) is 0 Å². The van der Waals surface area contributed by atoms with Gasteiger partial charge in [-0.05, 0) is 18.3 Å². The van der Waals surface area contributed by atoms with Gasteiger partial charge in [-0.1, -0.05) is 27.7 Å². The summed E-state index contributed by atoms with van der Waals surface area (Å²) in [5.41, 5.74) is 0. The van der Waals surface area contributed by atoms with E-state index in [0.717, 1.165) is 6.42 Å². The molecule has 56 valence electrons. The van der Waals surface area contributed by atoms with Crippen LogP contribution in [-0.2, 0) is 0 Å². The molecule has 9 heavy (non-hydrogen) atoms. The van der Waals surface area contributed by atoms with Crippen molar-refractivity contribution in [2.24, 2.45) is 11.8 Å². The molecule has 0 fully saturated rings. The summed E-state index contributed by atoms with van der Waals surface area (Å²) in [5, 5.41) is 0.366. The molecule has 0 rings (SSSR count). The summed E-state index contributed by atoms with van der Waals surface area (Å²) in [6.07, 6.45) is 1.08. The number of hydrogen-bond acceptors (Lipinski definition) is 0.